The molecule has 0 aliphatic heterocycles. The minimum atomic E-state index is 0.470. The van der Waals surface area contributed by atoms with Gasteiger partial charge in [0, 0.05) is 5.75 Å². The van der Waals surface area contributed by atoms with Gasteiger partial charge in [-0.05, 0) is 12.1 Å². The number of rotatable bonds is 6. The van der Waals surface area contributed by atoms with Crippen molar-refractivity contribution in [1.29, 1.82) is 0 Å². The average Bonchev–Trinajstić information content (AvgIpc) is 2.34. The van der Waals surface area contributed by atoms with Gasteiger partial charge in [0.25, 0.3) is 0 Å². The van der Waals surface area contributed by atoms with Crippen molar-refractivity contribution in [3.8, 4) is 17.2 Å². The van der Waals surface area contributed by atoms with Gasteiger partial charge in [0.2, 0.25) is 5.75 Å². The van der Waals surface area contributed by atoms with Gasteiger partial charge < -0.3 is 14.2 Å². The fourth-order valence-corrected chi connectivity index (χ4v) is 1.38. The lowest BCUT2D eigenvalue weighted by Gasteiger charge is -2.12. The smallest absolute Gasteiger partial charge is 0.203 e. The van der Waals surface area contributed by atoms with Crippen LogP contribution >= 0.6 is 12.6 Å². The van der Waals surface area contributed by atoms with Gasteiger partial charge in [-0.1, -0.05) is 18.2 Å². The van der Waals surface area contributed by atoms with Crippen LogP contribution in [-0.2, 0) is 0 Å². The molecule has 0 N–H and O–H groups in total. The van der Waals surface area contributed by atoms with E-state index >= 15 is 0 Å². The predicted octanol–water partition coefficient (Wildman–Crippen LogP) is 2.57. The van der Waals surface area contributed by atoms with Crippen LogP contribution in [0.3, 0.4) is 0 Å². The second-order valence-electron chi connectivity index (χ2n) is 2.96. The molecule has 0 saturated heterocycles. The molecule has 0 aromatic heterocycles. The molecular formula is C12H16O3S. The summed E-state index contributed by atoms with van der Waals surface area (Å²) in [6.07, 6.45) is 3.82. The van der Waals surface area contributed by atoms with Crippen LogP contribution in [-0.4, -0.2) is 26.6 Å². The quantitative estimate of drug-likeness (QED) is 0.612. The Labute approximate surface area is 101 Å². The molecule has 0 unspecified atom stereocenters. The zero-order valence-corrected chi connectivity index (χ0v) is 10.4. The molecule has 0 aliphatic carbocycles. The topological polar surface area (TPSA) is 27.7 Å². The summed E-state index contributed by atoms with van der Waals surface area (Å²) < 4.78 is 16.0. The molecule has 0 amide bonds. The Bertz CT molecular complexity index is 328. The molecule has 4 heteroatoms. The largest absolute Gasteiger partial charge is 0.493 e. The van der Waals surface area contributed by atoms with E-state index in [1.165, 1.54) is 0 Å². The lowest BCUT2D eigenvalue weighted by atomic mass is 10.3. The molecule has 0 saturated carbocycles. The summed E-state index contributed by atoms with van der Waals surface area (Å²) in [5.41, 5.74) is 0. The monoisotopic (exact) mass is 240 g/mol. The van der Waals surface area contributed by atoms with Gasteiger partial charge >= 0.3 is 0 Å². The van der Waals surface area contributed by atoms with Crippen LogP contribution in [0.2, 0.25) is 0 Å². The fraction of sp³-hybridized carbons (Fsp3) is 0.333. The van der Waals surface area contributed by atoms with Crippen molar-refractivity contribution in [2.24, 2.45) is 0 Å². The molecule has 0 radical (unpaired) electrons. The van der Waals surface area contributed by atoms with Crippen molar-refractivity contribution in [2.75, 3.05) is 26.6 Å². The standard InChI is InChI=1S/C12H16O3S/c1-13-10-6-5-7-11(14-2)12(10)15-8-3-4-9-16/h3-7,16H,8-9H2,1-2H3. The average molecular weight is 240 g/mol. The normalized spacial score (nSPS) is 10.4. The van der Waals surface area contributed by atoms with E-state index < -0.39 is 0 Å². The van der Waals surface area contributed by atoms with Crippen molar-refractivity contribution < 1.29 is 14.2 Å². The van der Waals surface area contributed by atoms with E-state index in [9.17, 15) is 0 Å². The summed E-state index contributed by atoms with van der Waals surface area (Å²) >= 11 is 4.07. The molecule has 3 nitrogen and oxygen atoms in total. The highest BCUT2D eigenvalue weighted by atomic mass is 32.1. The van der Waals surface area contributed by atoms with Crippen LogP contribution < -0.4 is 14.2 Å². The number of benzene rings is 1. The minimum absolute atomic E-state index is 0.470. The van der Waals surface area contributed by atoms with E-state index in [-0.39, 0.29) is 0 Å². The SMILES string of the molecule is COc1cccc(OC)c1OCC=CCS. The summed E-state index contributed by atoms with van der Waals surface area (Å²) in [6, 6.07) is 5.52. The first-order valence-corrected chi connectivity index (χ1v) is 5.56. The Morgan fingerprint density at radius 1 is 1.12 bits per heavy atom. The number of thiol groups is 1. The maximum absolute atomic E-state index is 5.58. The molecule has 1 aromatic rings. The summed E-state index contributed by atoms with van der Waals surface area (Å²) in [6.45, 7) is 0.470. The second-order valence-corrected chi connectivity index (χ2v) is 3.32. The minimum Gasteiger partial charge on any atom is -0.493 e. The van der Waals surface area contributed by atoms with Gasteiger partial charge in [0.15, 0.2) is 11.5 Å². The van der Waals surface area contributed by atoms with E-state index in [1.54, 1.807) is 14.2 Å². The highest BCUT2D eigenvalue weighted by Gasteiger charge is 2.09. The zero-order chi connectivity index (χ0) is 11.8. The Balaban J connectivity index is 2.78. The molecule has 0 atom stereocenters. The van der Waals surface area contributed by atoms with E-state index in [4.69, 9.17) is 14.2 Å². The third-order valence-electron chi connectivity index (χ3n) is 1.98. The first-order valence-electron chi connectivity index (χ1n) is 4.93. The van der Waals surface area contributed by atoms with Crippen LogP contribution in [0.5, 0.6) is 17.2 Å². The van der Waals surface area contributed by atoms with Crippen LogP contribution in [0.4, 0.5) is 0 Å². The Morgan fingerprint density at radius 3 is 2.25 bits per heavy atom. The highest BCUT2D eigenvalue weighted by molar-refractivity contribution is 7.80. The molecule has 0 heterocycles. The lowest BCUT2D eigenvalue weighted by Crippen LogP contribution is -1.99. The number of hydrogen-bond acceptors (Lipinski definition) is 4. The Hall–Kier alpha value is -1.29. The van der Waals surface area contributed by atoms with Gasteiger partial charge in [-0.15, -0.1) is 0 Å². The van der Waals surface area contributed by atoms with Crippen molar-refractivity contribution >= 4 is 12.6 Å². The maximum Gasteiger partial charge on any atom is 0.203 e. The molecule has 1 aromatic carbocycles. The molecule has 1 rings (SSSR count). The van der Waals surface area contributed by atoms with Gasteiger partial charge in [-0.3, -0.25) is 0 Å². The third kappa shape index (κ3) is 3.38. The van der Waals surface area contributed by atoms with Crippen molar-refractivity contribution in [2.45, 2.75) is 0 Å². The molecule has 0 spiro atoms. The number of methoxy groups -OCH3 is 2. The van der Waals surface area contributed by atoms with Gasteiger partial charge in [0.05, 0.1) is 14.2 Å². The zero-order valence-electron chi connectivity index (χ0n) is 9.47. The second kappa shape index (κ2) is 7.06. The summed E-state index contributed by atoms with van der Waals surface area (Å²) in [7, 11) is 3.20. The molecule has 0 fully saturated rings. The fourth-order valence-electron chi connectivity index (χ4n) is 1.23. The van der Waals surface area contributed by atoms with Crippen LogP contribution in [0.1, 0.15) is 0 Å². The van der Waals surface area contributed by atoms with Crippen LogP contribution in [0, 0.1) is 0 Å². The number of para-hydroxylation sites is 1. The van der Waals surface area contributed by atoms with Crippen LogP contribution in [0.25, 0.3) is 0 Å². The first kappa shape index (κ1) is 12.8. The van der Waals surface area contributed by atoms with E-state index in [2.05, 4.69) is 12.6 Å². The molecule has 0 bridgehead atoms. The van der Waals surface area contributed by atoms with Crippen molar-refractivity contribution in [3.05, 3.63) is 30.4 Å². The Morgan fingerprint density at radius 2 is 1.75 bits per heavy atom. The van der Waals surface area contributed by atoms with Gasteiger partial charge in [-0.2, -0.15) is 12.6 Å². The predicted molar refractivity (Wildman–Crippen MR) is 68.0 cm³/mol. The molecular weight excluding hydrogens is 224 g/mol. The van der Waals surface area contributed by atoms with Gasteiger partial charge in [0.1, 0.15) is 6.61 Å². The lowest BCUT2D eigenvalue weighted by molar-refractivity contribution is 0.301. The van der Waals surface area contributed by atoms with E-state index in [0.29, 0.717) is 29.6 Å². The Kier molecular flexibility index (Phi) is 5.64. The molecule has 16 heavy (non-hydrogen) atoms. The summed E-state index contributed by atoms with van der Waals surface area (Å²) in [4.78, 5) is 0. The molecule has 0 aliphatic rings. The maximum atomic E-state index is 5.58. The third-order valence-corrected chi connectivity index (χ3v) is 2.19. The van der Waals surface area contributed by atoms with Gasteiger partial charge in [-0.25, -0.2) is 0 Å². The molecule has 88 valence electrons. The summed E-state index contributed by atoms with van der Waals surface area (Å²) in [5.74, 6) is 2.65. The van der Waals surface area contributed by atoms with Crippen LogP contribution in [0.15, 0.2) is 30.4 Å². The van der Waals surface area contributed by atoms with E-state index in [0.717, 1.165) is 0 Å². The summed E-state index contributed by atoms with van der Waals surface area (Å²) in [5, 5.41) is 0. The van der Waals surface area contributed by atoms with E-state index in [1.807, 2.05) is 30.4 Å². The van der Waals surface area contributed by atoms with Crippen molar-refractivity contribution in [3.63, 3.8) is 0 Å². The first-order chi connectivity index (χ1) is 7.83. The highest BCUT2D eigenvalue weighted by Crippen LogP contribution is 2.36. The van der Waals surface area contributed by atoms with Crippen molar-refractivity contribution in [1.82, 2.24) is 0 Å². The number of hydrogen-bond donors (Lipinski definition) is 1. The number of ether oxygens (including phenoxy) is 3.